The van der Waals surface area contributed by atoms with E-state index in [2.05, 4.69) is 13.1 Å². The lowest BCUT2D eigenvalue weighted by atomic mass is 10.1. The van der Waals surface area contributed by atoms with Gasteiger partial charge < -0.3 is 39.4 Å². The molecule has 32 heavy (non-hydrogen) atoms. The predicted octanol–water partition coefficient (Wildman–Crippen LogP) is -2.43. The molecule has 0 amide bonds. The van der Waals surface area contributed by atoms with E-state index in [0.717, 1.165) is 10.8 Å². The van der Waals surface area contributed by atoms with E-state index in [1.807, 2.05) is 4.98 Å². The molecule has 1 aliphatic heterocycles. The highest BCUT2D eigenvalue weighted by Crippen LogP contribution is 2.66. The zero-order valence-corrected chi connectivity index (χ0v) is 18.9. The smallest absolute Gasteiger partial charge is 0.387 e. The number of aliphatic hydroxyl groups is 2. The molecule has 0 radical (unpaired) electrons. The summed E-state index contributed by atoms with van der Waals surface area (Å²) in [4.78, 5) is 62.8. The van der Waals surface area contributed by atoms with Crippen molar-refractivity contribution in [1.82, 2.24) is 9.55 Å². The number of ether oxygens (including phenoxy) is 1. The fourth-order valence-corrected chi connectivity index (χ4v) is 5.58. The molecular weight excluding hydrogens is 507 g/mol. The molecule has 2 rings (SSSR count). The first kappa shape index (κ1) is 27.0. The first-order chi connectivity index (χ1) is 14.4. The van der Waals surface area contributed by atoms with E-state index < -0.39 is 65.9 Å². The maximum Gasteiger partial charge on any atom is 0.490 e. The van der Waals surface area contributed by atoms with E-state index in [-0.39, 0.29) is 5.69 Å². The van der Waals surface area contributed by atoms with Crippen molar-refractivity contribution in [2.24, 2.45) is 0 Å². The van der Waals surface area contributed by atoms with Gasteiger partial charge in [0.15, 0.2) is 6.23 Å². The molecule has 0 saturated carbocycles. The first-order valence-electron chi connectivity index (χ1n) is 8.25. The van der Waals surface area contributed by atoms with Gasteiger partial charge in [-0.05, 0) is 0 Å². The number of nitrogens with one attached hydrogen (secondary N) is 1. The highest BCUT2D eigenvalue weighted by molar-refractivity contribution is 7.66. The molecule has 1 fully saturated rings. The highest BCUT2D eigenvalue weighted by Gasteiger charge is 2.46. The lowest BCUT2D eigenvalue weighted by Crippen LogP contribution is -2.39. The van der Waals surface area contributed by atoms with E-state index in [9.17, 15) is 38.4 Å². The van der Waals surface area contributed by atoms with Crippen LogP contribution in [0.1, 0.15) is 6.23 Å². The Morgan fingerprint density at radius 3 is 2.19 bits per heavy atom. The topological polar surface area (TPSA) is 268 Å². The number of rotatable bonds is 9. The molecule has 184 valence electrons. The van der Waals surface area contributed by atoms with Crippen molar-refractivity contribution in [3.05, 3.63) is 27.0 Å². The Kier molecular flexibility index (Phi) is 8.07. The van der Waals surface area contributed by atoms with Crippen molar-refractivity contribution in [1.29, 1.82) is 0 Å². The van der Waals surface area contributed by atoms with Crippen LogP contribution in [-0.2, 0) is 31.6 Å². The summed E-state index contributed by atoms with van der Waals surface area (Å²) < 4.78 is 51.1. The summed E-state index contributed by atoms with van der Waals surface area (Å²) in [5.41, 5.74) is -1.76. The summed E-state index contributed by atoms with van der Waals surface area (Å²) in [6.07, 6.45) is -5.74. The zero-order chi connectivity index (χ0) is 24.6. The van der Waals surface area contributed by atoms with Crippen LogP contribution in [0.3, 0.4) is 0 Å². The van der Waals surface area contributed by atoms with Crippen LogP contribution in [0.25, 0.3) is 0 Å². The van der Waals surface area contributed by atoms with Crippen molar-refractivity contribution in [3.8, 4) is 0 Å². The molecular formula is C11H20N3O15P3. The molecule has 0 bridgehead atoms. The number of hydrogen-bond donors (Lipinski definition) is 7. The molecule has 18 nitrogen and oxygen atoms in total. The number of phosphoric acid groups is 3. The molecule has 7 N–H and O–H groups in total. The Balaban J connectivity index is 2.15. The molecule has 0 spiro atoms. The minimum atomic E-state index is -5.75. The first-order valence-corrected chi connectivity index (χ1v) is 12.8. The Morgan fingerprint density at radius 2 is 1.66 bits per heavy atom. The van der Waals surface area contributed by atoms with Gasteiger partial charge in [-0.2, -0.15) is 8.62 Å². The van der Waals surface area contributed by atoms with E-state index in [0.29, 0.717) is 0 Å². The summed E-state index contributed by atoms with van der Waals surface area (Å²) in [6.45, 7) is -1.06. The third-order valence-electron chi connectivity index (χ3n) is 3.86. The Bertz CT molecular complexity index is 1090. The van der Waals surface area contributed by atoms with Gasteiger partial charge in [0, 0.05) is 20.3 Å². The molecule has 1 aliphatic rings. The van der Waals surface area contributed by atoms with Crippen LogP contribution in [-0.4, -0.2) is 78.4 Å². The summed E-state index contributed by atoms with van der Waals surface area (Å²) in [7, 11) is -13.8. The van der Waals surface area contributed by atoms with Crippen molar-refractivity contribution in [2.75, 3.05) is 25.6 Å². The Labute approximate surface area is 178 Å². The van der Waals surface area contributed by atoms with Crippen LogP contribution in [0.2, 0.25) is 0 Å². The number of phosphoric ester groups is 1. The quantitative estimate of drug-likeness (QED) is 0.164. The lowest BCUT2D eigenvalue weighted by Gasteiger charge is -2.20. The largest absolute Gasteiger partial charge is 0.490 e. The molecule has 1 aromatic heterocycles. The van der Waals surface area contributed by atoms with Crippen molar-refractivity contribution in [3.63, 3.8) is 0 Å². The summed E-state index contributed by atoms with van der Waals surface area (Å²) >= 11 is 0. The summed E-state index contributed by atoms with van der Waals surface area (Å²) in [6, 6.07) is 0. The van der Waals surface area contributed by atoms with Crippen molar-refractivity contribution >= 4 is 29.2 Å². The standard InChI is InChI=1S/C11H20N3O15P3/c1-13(2)5-3-14(11(18)12-9(5)17)10-8(16)7(15)6(27-10)4-26-31(22,23)29-32(24,25)28-30(19,20)21/h3,6-8,10,15-16H,4H2,1-2H3,(H,22,23)(H,24,25)(H,12,17,18)(H2,19,20,21)/t6-,7-,8-,10-/m1/s1. The Hall–Kier alpha value is -1.23. The lowest BCUT2D eigenvalue weighted by molar-refractivity contribution is -0.0541. The molecule has 0 aliphatic carbocycles. The van der Waals surface area contributed by atoms with Gasteiger partial charge in [-0.3, -0.25) is 18.9 Å². The molecule has 21 heteroatoms. The van der Waals surface area contributed by atoms with Crippen LogP contribution >= 0.6 is 23.5 Å². The normalized spacial score (nSPS) is 27.6. The highest BCUT2D eigenvalue weighted by atomic mass is 31.3. The summed E-state index contributed by atoms with van der Waals surface area (Å²) in [5.74, 6) is 0. The minimum absolute atomic E-state index is 0.00777. The second kappa shape index (κ2) is 9.56. The van der Waals surface area contributed by atoms with E-state index in [1.54, 1.807) is 0 Å². The van der Waals surface area contributed by atoms with Crippen LogP contribution < -0.4 is 16.1 Å². The average Bonchev–Trinajstić information content (AvgIpc) is 2.85. The SMILES string of the molecule is CN(C)c1cn([C@@H]2O[C@H](COP(=O)(O)OP(=O)(O)OP(=O)(O)O)[C@@H](O)[C@H]2O)c(=O)[nH]c1=O. The number of anilines is 1. The summed E-state index contributed by atoms with van der Waals surface area (Å²) in [5, 5.41) is 20.3. The molecule has 2 heterocycles. The zero-order valence-electron chi connectivity index (χ0n) is 16.2. The number of nitrogens with zero attached hydrogens (tertiary/aromatic N) is 2. The van der Waals surface area contributed by atoms with E-state index in [4.69, 9.17) is 19.4 Å². The number of H-pyrrole nitrogens is 1. The molecule has 6 atom stereocenters. The van der Waals surface area contributed by atoms with Crippen molar-refractivity contribution in [2.45, 2.75) is 24.5 Å². The molecule has 1 aromatic rings. The van der Waals surface area contributed by atoms with E-state index in [1.165, 1.54) is 19.0 Å². The van der Waals surface area contributed by atoms with Gasteiger partial charge in [0.2, 0.25) is 0 Å². The predicted molar refractivity (Wildman–Crippen MR) is 101 cm³/mol. The monoisotopic (exact) mass is 527 g/mol. The van der Waals surface area contributed by atoms with Crippen molar-refractivity contribution < 1.29 is 61.4 Å². The third kappa shape index (κ3) is 6.88. The molecule has 2 unspecified atom stereocenters. The number of aliphatic hydroxyl groups excluding tert-OH is 2. The van der Waals surface area contributed by atoms with E-state index >= 15 is 0 Å². The number of aromatic amines is 1. The average molecular weight is 527 g/mol. The van der Waals surface area contributed by atoms with Gasteiger partial charge in [-0.15, -0.1) is 0 Å². The van der Waals surface area contributed by atoms with Gasteiger partial charge in [0.1, 0.15) is 24.0 Å². The maximum absolute atomic E-state index is 12.1. The molecule has 0 aromatic carbocycles. The Morgan fingerprint density at radius 1 is 1.06 bits per heavy atom. The van der Waals surface area contributed by atoms with Gasteiger partial charge in [0.25, 0.3) is 5.56 Å². The maximum atomic E-state index is 12.1. The van der Waals surface area contributed by atoms with Crippen LogP contribution in [0.15, 0.2) is 15.8 Å². The fourth-order valence-electron chi connectivity index (χ4n) is 2.55. The second-order valence-corrected chi connectivity index (χ2v) is 10.9. The van der Waals surface area contributed by atoms with Crippen LogP contribution in [0, 0.1) is 0 Å². The third-order valence-corrected chi connectivity index (χ3v) is 7.66. The minimum Gasteiger partial charge on any atom is -0.387 e. The number of hydrogen-bond acceptors (Lipinski definition) is 12. The number of aromatic nitrogens is 2. The second-order valence-electron chi connectivity index (χ2n) is 6.51. The van der Waals surface area contributed by atoms with Gasteiger partial charge in [-0.25, -0.2) is 18.5 Å². The van der Waals surface area contributed by atoms with Crippen LogP contribution in [0.4, 0.5) is 5.69 Å². The van der Waals surface area contributed by atoms with Gasteiger partial charge in [0.05, 0.1) is 6.61 Å². The van der Waals surface area contributed by atoms with Gasteiger partial charge in [-0.1, -0.05) is 0 Å². The molecule has 1 saturated heterocycles. The van der Waals surface area contributed by atoms with Gasteiger partial charge >= 0.3 is 29.2 Å². The van der Waals surface area contributed by atoms with Crippen LogP contribution in [0.5, 0.6) is 0 Å². The fraction of sp³-hybridized carbons (Fsp3) is 0.636.